The van der Waals surface area contributed by atoms with E-state index in [1.807, 2.05) is 6.07 Å². The Hall–Kier alpha value is -2.10. The summed E-state index contributed by atoms with van der Waals surface area (Å²) in [5.74, 6) is -0.0325. The first-order valence-corrected chi connectivity index (χ1v) is 6.80. The standard InChI is InChI=1S/C15H11FN2O2S/c16-9-3-8(6-17)4-10(5-9)20-15-11-1-2-12(19)14(11)13(21)7-18-15/h3-5,7,12,19,21H,1-2H2. The number of benzene rings is 1. The number of hydrogen-bond acceptors (Lipinski definition) is 5. The summed E-state index contributed by atoms with van der Waals surface area (Å²) in [6.07, 6.45) is 2.11. The SMILES string of the molecule is N#Cc1cc(F)cc(Oc2ncc(S)c3c2CCC3O)c1. The van der Waals surface area contributed by atoms with Gasteiger partial charge < -0.3 is 9.84 Å². The number of pyridine rings is 1. The van der Waals surface area contributed by atoms with Gasteiger partial charge in [0.15, 0.2) is 0 Å². The van der Waals surface area contributed by atoms with Crippen LogP contribution in [0.15, 0.2) is 29.3 Å². The molecule has 1 aliphatic carbocycles. The molecular weight excluding hydrogens is 291 g/mol. The Morgan fingerprint density at radius 3 is 3.00 bits per heavy atom. The van der Waals surface area contributed by atoms with E-state index in [-0.39, 0.29) is 11.3 Å². The Morgan fingerprint density at radius 1 is 1.43 bits per heavy atom. The van der Waals surface area contributed by atoms with Crippen molar-refractivity contribution in [2.75, 3.05) is 0 Å². The zero-order valence-corrected chi connectivity index (χ0v) is 11.8. The maximum Gasteiger partial charge on any atom is 0.222 e. The van der Waals surface area contributed by atoms with Gasteiger partial charge in [-0.1, -0.05) is 0 Å². The van der Waals surface area contributed by atoms with Gasteiger partial charge in [-0.2, -0.15) is 5.26 Å². The number of aromatic nitrogens is 1. The van der Waals surface area contributed by atoms with E-state index in [2.05, 4.69) is 17.6 Å². The first-order chi connectivity index (χ1) is 10.1. The lowest BCUT2D eigenvalue weighted by Crippen LogP contribution is -1.98. The van der Waals surface area contributed by atoms with Crippen LogP contribution in [0.2, 0.25) is 0 Å². The number of halogens is 1. The van der Waals surface area contributed by atoms with Crippen molar-refractivity contribution in [2.24, 2.45) is 0 Å². The molecule has 0 aliphatic heterocycles. The zero-order chi connectivity index (χ0) is 15.0. The summed E-state index contributed by atoms with van der Waals surface area (Å²) in [5.41, 5.74) is 1.66. The van der Waals surface area contributed by atoms with Crippen molar-refractivity contribution < 1.29 is 14.2 Å². The highest BCUT2D eigenvalue weighted by molar-refractivity contribution is 7.80. The van der Waals surface area contributed by atoms with E-state index in [9.17, 15) is 9.50 Å². The predicted octanol–water partition coefficient (Wildman–Crippen LogP) is 3.15. The van der Waals surface area contributed by atoms with Gasteiger partial charge in [0.05, 0.1) is 17.7 Å². The number of rotatable bonds is 2. The summed E-state index contributed by atoms with van der Waals surface area (Å²) in [5, 5.41) is 18.8. The number of aliphatic hydroxyl groups is 1. The maximum atomic E-state index is 13.4. The van der Waals surface area contributed by atoms with Crippen molar-refractivity contribution in [1.29, 1.82) is 5.26 Å². The number of hydrogen-bond donors (Lipinski definition) is 2. The third kappa shape index (κ3) is 2.58. The lowest BCUT2D eigenvalue weighted by Gasteiger charge is -2.12. The molecule has 0 saturated carbocycles. The van der Waals surface area contributed by atoms with E-state index >= 15 is 0 Å². The quantitative estimate of drug-likeness (QED) is 0.836. The van der Waals surface area contributed by atoms with Crippen LogP contribution in [0.5, 0.6) is 11.6 Å². The Morgan fingerprint density at radius 2 is 2.24 bits per heavy atom. The van der Waals surface area contributed by atoms with Crippen molar-refractivity contribution in [3.63, 3.8) is 0 Å². The molecule has 4 nitrogen and oxygen atoms in total. The average Bonchev–Trinajstić information content (AvgIpc) is 2.84. The van der Waals surface area contributed by atoms with Crippen LogP contribution in [-0.2, 0) is 6.42 Å². The fourth-order valence-electron chi connectivity index (χ4n) is 2.46. The molecule has 106 valence electrons. The largest absolute Gasteiger partial charge is 0.439 e. The molecular formula is C15H11FN2O2S. The van der Waals surface area contributed by atoms with Crippen molar-refractivity contribution in [3.05, 3.63) is 46.9 Å². The molecule has 1 heterocycles. The fourth-order valence-corrected chi connectivity index (χ4v) is 2.80. The first-order valence-electron chi connectivity index (χ1n) is 6.36. The van der Waals surface area contributed by atoms with Gasteiger partial charge in [0.1, 0.15) is 11.6 Å². The number of nitriles is 1. The van der Waals surface area contributed by atoms with Gasteiger partial charge in [-0.15, -0.1) is 12.6 Å². The molecule has 2 aromatic rings. The fraction of sp³-hybridized carbons (Fsp3) is 0.200. The normalized spacial score (nSPS) is 16.4. The highest BCUT2D eigenvalue weighted by Gasteiger charge is 2.27. The molecule has 1 atom stereocenters. The number of thiol groups is 1. The zero-order valence-electron chi connectivity index (χ0n) is 10.9. The van der Waals surface area contributed by atoms with E-state index in [0.29, 0.717) is 29.2 Å². The molecule has 0 amide bonds. The van der Waals surface area contributed by atoms with Crippen molar-refractivity contribution in [1.82, 2.24) is 4.98 Å². The lowest BCUT2D eigenvalue weighted by molar-refractivity contribution is 0.177. The molecule has 1 aliphatic rings. The van der Waals surface area contributed by atoms with Crippen LogP contribution < -0.4 is 4.74 Å². The first kappa shape index (κ1) is 13.9. The van der Waals surface area contributed by atoms with E-state index in [1.54, 1.807) is 0 Å². The summed E-state index contributed by atoms with van der Waals surface area (Å²) >= 11 is 4.29. The third-order valence-corrected chi connectivity index (χ3v) is 3.74. The Kier molecular flexibility index (Phi) is 3.53. The van der Waals surface area contributed by atoms with Gasteiger partial charge >= 0.3 is 0 Å². The van der Waals surface area contributed by atoms with Crippen LogP contribution >= 0.6 is 12.6 Å². The Labute approximate surface area is 126 Å². The molecule has 0 saturated heterocycles. The van der Waals surface area contributed by atoms with Crippen molar-refractivity contribution in [2.45, 2.75) is 23.8 Å². The van der Waals surface area contributed by atoms with Crippen molar-refractivity contribution in [3.8, 4) is 17.7 Å². The molecule has 1 aromatic carbocycles. The minimum absolute atomic E-state index is 0.174. The molecule has 1 aromatic heterocycles. The summed E-state index contributed by atoms with van der Waals surface area (Å²) in [6.45, 7) is 0. The van der Waals surface area contributed by atoms with Gasteiger partial charge in [-0.05, 0) is 25.0 Å². The molecule has 1 N–H and O–H groups in total. The summed E-state index contributed by atoms with van der Waals surface area (Å²) in [7, 11) is 0. The minimum Gasteiger partial charge on any atom is -0.439 e. The number of ether oxygens (including phenoxy) is 1. The molecule has 21 heavy (non-hydrogen) atoms. The molecule has 0 bridgehead atoms. The monoisotopic (exact) mass is 302 g/mol. The van der Waals surface area contributed by atoms with Crippen molar-refractivity contribution >= 4 is 12.6 Å². The molecule has 0 spiro atoms. The number of aliphatic hydroxyl groups excluding tert-OH is 1. The molecule has 1 unspecified atom stereocenters. The predicted molar refractivity (Wildman–Crippen MR) is 76.0 cm³/mol. The van der Waals surface area contributed by atoms with Gasteiger partial charge in [0, 0.05) is 28.3 Å². The van der Waals surface area contributed by atoms with E-state index in [1.165, 1.54) is 18.3 Å². The van der Waals surface area contributed by atoms with E-state index in [4.69, 9.17) is 10.00 Å². The van der Waals surface area contributed by atoms with Crippen LogP contribution in [0.3, 0.4) is 0 Å². The van der Waals surface area contributed by atoms with Crippen LogP contribution in [0.4, 0.5) is 4.39 Å². The molecule has 6 heteroatoms. The minimum atomic E-state index is -0.583. The summed E-state index contributed by atoms with van der Waals surface area (Å²) in [6, 6.07) is 5.63. The molecule has 3 rings (SSSR count). The van der Waals surface area contributed by atoms with Crippen LogP contribution in [0.25, 0.3) is 0 Å². The van der Waals surface area contributed by atoms with Crippen LogP contribution in [0, 0.1) is 17.1 Å². The Balaban J connectivity index is 2.01. The van der Waals surface area contributed by atoms with Gasteiger partial charge in [-0.25, -0.2) is 9.37 Å². The van der Waals surface area contributed by atoms with Crippen LogP contribution in [-0.4, -0.2) is 10.1 Å². The van der Waals surface area contributed by atoms with Gasteiger partial charge in [0.2, 0.25) is 5.88 Å². The lowest BCUT2D eigenvalue weighted by atomic mass is 10.1. The second kappa shape index (κ2) is 5.35. The second-order valence-electron chi connectivity index (χ2n) is 4.78. The van der Waals surface area contributed by atoms with E-state index in [0.717, 1.165) is 11.6 Å². The number of fused-ring (bicyclic) bond motifs is 1. The second-order valence-corrected chi connectivity index (χ2v) is 5.27. The molecule has 0 radical (unpaired) electrons. The number of nitrogens with zero attached hydrogens (tertiary/aromatic N) is 2. The van der Waals surface area contributed by atoms with Gasteiger partial charge in [-0.3, -0.25) is 0 Å². The summed E-state index contributed by atoms with van der Waals surface area (Å²) in [4.78, 5) is 4.76. The smallest absolute Gasteiger partial charge is 0.222 e. The van der Waals surface area contributed by atoms with Gasteiger partial charge in [0.25, 0.3) is 0 Å². The maximum absolute atomic E-state index is 13.4. The topological polar surface area (TPSA) is 66.1 Å². The Bertz CT molecular complexity index is 758. The highest BCUT2D eigenvalue weighted by atomic mass is 32.1. The van der Waals surface area contributed by atoms with Crippen LogP contribution in [0.1, 0.15) is 29.2 Å². The summed E-state index contributed by atoms with van der Waals surface area (Å²) < 4.78 is 19.0. The highest BCUT2D eigenvalue weighted by Crippen LogP contribution is 2.40. The third-order valence-electron chi connectivity index (χ3n) is 3.38. The average molecular weight is 302 g/mol. The van der Waals surface area contributed by atoms with E-state index < -0.39 is 11.9 Å². The molecule has 0 fully saturated rings.